The standard InChI is InChI=1S/C27H26F3N7O6S2/c1-45(40,41)43-24(20-10-4-5-14-31-20)25(39)33-26-37-36-23(44-26)11-3-2-8-18-12-13-21(35-34-18)32-22(38)16-17-7-6-9-19(15-17)42-27(28,29)30/h4-7,9-10,12-15,24H,2-3,8,11,16H2,1H3,(H,32,35,38)(H,33,37,39). The Hall–Kier alpha value is -4.55. The van der Waals surface area contributed by atoms with Crippen LogP contribution in [0.2, 0.25) is 0 Å². The minimum absolute atomic E-state index is 0.118. The summed E-state index contributed by atoms with van der Waals surface area (Å²) in [6, 6.07) is 13.1. The van der Waals surface area contributed by atoms with Crippen molar-refractivity contribution in [3.8, 4) is 5.75 Å². The fraction of sp³-hybridized carbons (Fsp3) is 0.296. The maximum Gasteiger partial charge on any atom is 0.573 e. The minimum Gasteiger partial charge on any atom is -0.406 e. The van der Waals surface area contributed by atoms with Crippen LogP contribution in [0.1, 0.15) is 40.9 Å². The molecule has 1 unspecified atom stereocenters. The zero-order valence-electron chi connectivity index (χ0n) is 23.5. The lowest BCUT2D eigenvalue weighted by molar-refractivity contribution is -0.274. The average Bonchev–Trinajstić information content (AvgIpc) is 3.41. The van der Waals surface area contributed by atoms with Gasteiger partial charge in [0.25, 0.3) is 16.0 Å². The maximum absolute atomic E-state index is 12.8. The summed E-state index contributed by atoms with van der Waals surface area (Å²) in [4.78, 5) is 29.1. The average molecular weight is 666 g/mol. The molecule has 0 spiro atoms. The van der Waals surface area contributed by atoms with E-state index in [-0.39, 0.29) is 23.1 Å². The van der Waals surface area contributed by atoms with Crippen molar-refractivity contribution in [1.29, 1.82) is 0 Å². The van der Waals surface area contributed by atoms with E-state index in [4.69, 9.17) is 4.18 Å². The Morgan fingerprint density at radius 2 is 1.76 bits per heavy atom. The summed E-state index contributed by atoms with van der Waals surface area (Å²) in [7, 11) is -3.96. The van der Waals surface area contributed by atoms with Crippen LogP contribution in [0.15, 0.2) is 60.8 Å². The SMILES string of the molecule is CS(=O)(=O)OC(C(=O)Nc1nnc(CCCCc2ccc(NC(=O)Cc3cccc(OC(F)(F)F)c3)nn2)s1)c1ccccn1. The second-order valence-electron chi connectivity index (χ2n) is 9.46. The topological polar surface area (TPSA) is 175 Å². The molecule has 0 fully saturated rings. The number of carbonyl (C=O) groups is 2. The van der Waals surface area contributed by atoms with Crippen LogP contribution in [0, 0.1) is 0 Å². The summed E-state index contributed by atoms with van der Waals surface area (Å²) in [6.45, 7) is 0. The first-order valence-corrected chi connectivity index (χ1v) is 15.9. The number of benzene rings is 1. The van der Waals surface area contributed by atoms with Crippen LogP contribution in [0.4, 0.5) is 24.1 Å². The van der Waals surface area contributed by atoms with E-state index < -0.39 is 40.1 Å². The Balaban J connectivity index is 1.20. The highest BCUT2D eigenvalue weighted by atomic mass is 32.2. The molecule has 0 aliphatic carbocycles. The number of unbranched alkanes of at least 4 members (excludes halogenated alkanes) is 1. The summed E-state index contributed by atoms with van der Waals surface area (Å²) in [5.41, 5.74) is 1.13. The van der Waals surface area contributed by atoms with Crippen LogP contribution in [0.3, 0.4) is 0 Å². The number of ether oxygens (including phenoxy) is 1. The monoisotopic (exact) mass is 665 g/mol. The molecule has 0 aliphatic heterocycles. The molecule has 13 nitrogen and oxygen atoms in total. The first kappa shape index (κ1) is 33.3. The van der Waals surface area contributed by atoms with Gasteiger partial charge >= 0.3 is 6.36 Å². The number of rotatable bonds is 14. The molecule has 4 aromatic rings. The van der Waals surface area contributed by atoms with Gasteiger partial charge in [0, 0.05) is 12.6 Å². The van der Waals surface area contributed by atoms with Gasteiger partial charge in [-0.3, -0.25) is 24.1 Å². The highest BCUT2D eigenvalue weighted by Gasteiger charge is 2.31. The molecule has 0 saturated heterocycles. The summed E-state index contributed by atoms with van der Waals surface area (Å²) >= 11 is 1.14. The van der Waals surface area contributed by atoms with Gasteiger partial charge in [-0.15, -0.1) is 28.5 Å². The summed E-state index contributed by atoms with van der Waals surface area (Å²) in [5, 5.41) is 22.0. The number of halogens is 3. The molecule has 18 heteroatoms. The highest BCUT2D eigenvalue weighted by Crippen LogP contribution is 2.24. The quantitative estimate of drug-likeness (QED) is 0.147. The van der Waals surface area contributed by atoms with Crippen molar-refractivity contribution in [2.45, 2.75) is 44.6 Å². The number of aryl methyl sites for hydroxylation is 2. The number of hydrogen-bond donors (Lipinski definition) is 2. The number of anilines is 2. The number of hydrogen-bond acceptors (Lipinski definition) is 12. The van der Waals surface area contributed by atoms with Gasteiger partial charge in [-0.2, -0.15) is 13.5 Å². The Bertz CT molecular complexity index is 1710. The number of nitrogens with zero attached hydrogens (tertiary/aromatic N) is 5. The fourth-order valence-electron chi connectivity index (χ4n) is 3.88. The molecule has 45 heavy (non-hydrogen) atoms. The Morgan fingerprint density at radius 3 is 2.44 bits per heavy atom. The van der Waals surface area contributed by atoms with Gasteiger partial charge in [-0.25, -0.2) is 0 Å². The van der Waals surface area contributed by atoms with E-state index in [1.54, 1.807) is 24.3 Å². The minimum atomic E-state index is -4.83. The Kier molecular flexibility index (Phi) is 11.1. The summed E-state index contributed by atoms with van der Waals surface area (Å²) in [6.07, 6.45) is -1.67. The Morgan fingerprint density at radius 1 is 0.956 bits per heavy atom. The van der Waals surface area contributed by atoms with Gasteiger partial charge < -0.3 is 10.1 Å². The third-order valence-electron chi connectivity index (χ3n) is 5.72. The van der Waals surface area contributed by atoms with E-state index in [1.807, 2.05) is 0 Å². The molecule has 0 aliphatic rings. The predicted octanol–water partition coefficient (Wildman–Crippen LogP) is 4.02. The number of amides is 2. The van der Waals surface area contributed by atoms with Gasteiger partial charge in [0.1, 0.15) is 10.8 Å². The third-order valence-corrected chi connectivity index (χ3v) is 7.16. The smallest absolute Gasteiger partial charge is 0.406 e. The van der Waals surface area contributed by atoms with E-state index in [2.05, 4.69) is 40.7 Å². The van der Waals surface area contributed by atoms with Gasteiger partial charge in [-0.05, 0) is 61.2 Å². The van der Waals surface area contributed by atoms with Crippen molar-refractivity contribution < 1.29 is 40.1 Å². The number of nitrogens with one attached hydrogen (secondary N) is 2. The molecular weight excluding hydrogens is 639 g/mol. The first-order chi connectivity index (χ1) is 21.3. The van der Waals surface area contributed by atoms with Crippen molar-refractivity contribution in [1.82, 2.24) is 25.4 Å². The zero-order valence-corrected chi connectivity index (χ0v) is 25.2. The molecule has 0 bridgehead atoms. The van der Waals surface area contributed by atoms with E-state index >= 15 is 0 Å². The van der Waals surface area contributed by atoms with Crippen molar-refractivity contribution in [2.24, 2.45) is 0 Å². The van der Waals surface area contributed by atoms with Crippen LogP contribution in [-0.2, 0) is 43.2 Å². The number of carbonyl (C=O) groups excluding carboxylic acids is 2. The molecule has 3 aromatic heterocycles. The number of aromatic nitrogens is 5. The second-order valence-corrected chi connectivity index (χ2v) is 12.1. The van der Waals surface area contributed by atoms with Crippen molar-refractivity contribution in [3.05, 3.63) is 82.8 Å². The molecule has 0 saturated carbocycles. The highest BCUT2D eigenvalue weighted by molar-refractivity contribution is 7.86. The van der Waals surface area contributed by atoms with Crippen LogP contribution < -0.4 is 15.4 Å². The Labute approximate surface area is 259 Å². The summed E-state index contributed by atoms with van der Waals surface area (Å²) in [5.74, 6) is -1.46. The van der Waals surface area contributed by atoms with Crippen molar-refractivity contribution in [3.63, 3.8) is 0 Å². The first-order valence-electron chi connectivity index (χ1n) is 13.2. The molecule has 1 atom stereocenters. The molecule has 4 rings (SSSR count). The van der Waals surface area contributed by atoms with Crippen LogP contribution in [0.25, 0.3) is 0 Å². The maximum atomic E-state index is 12.8. The van der Waals surface area contributed by atoms with Crippen LogP contribution >= 0.6 is 11.3 Å². The lowest BCUT2D eigenvalue weighted by Crippen LogP contribution is -2.26. The second kappa shape index (κ2) is 15.0. The molecule has 2 N–H and O–H groups in total. The van der Waals surface area contributed by atoms with E-state index in [0.717, 1.165) is 36.1 Å². The van der Waals surface area contributed by atoms with Gasteiger partial charge in [0.2, 0.25) is 11.0 Å². The fourth-order valence-corrected chi connectivity index (χ4v) is 5.20. The van der Waals surface area contributed by atoms with Crippen molar-refractivity contribution in [2.75, 3.05) is 16.9 Å². The molecule has 1 aromatic carbocycles. The molecule has 2 amide bonds. The normalized spacial score (nSPS) is 12.4. The predicted molar refractivity (Wildman–Crippen MR) is 156 cm³/mol. The van der Waals surface area contributed by atoms with Gasteiger partial charge in [0.15, 0.2) is 11.9 Å². The van der Waals surface area contributed by atoms with Gasteiger partial charge in [-0.1, -0.05) is 29.5 Å². The third kappa shape index (κ3) is 11.5. The number of pyridine rings is 1. The van der Waals surface area contributed by atoms with Crippen molar-refractivity contribution >= 4 is 44.2 Å². The van der Waals surface area contributed by atoms with Crippen LogP contribution in [-0.4, -0.2) is 58.2 Å². The van der Waals surface area contributed by atoms with E-state index in [0.29, 0.717) is 35.5 Å². The lowest BCUT2D eigenvalue weighted by atomic mass is 10.1. The molecule has 238 valence electrons. The zero-order chi connectivity index (χ0) is 32.5. The van der Waals surface area contributed by atoms with E-state index in [1.165, 1.54) is 24.4 Å². The lowest BCUT2D eigenvalue weighted by Gasteiger charge is -2.14. The molecule has 0 radical (unpaired) electrons. The molecular formula is C27H26F3N7O6S2. The number of alkyl halides is 3. The molecule has 3 heterocycles. The summed E-state index contributed by atoms with van der Waals surface area (Å²) < 4.78 is 69.4. The van der Waals surface area contributed by atoms with E-state index in [9.17, 15) is 31.2 Å². The van der Waals surface area contributed by atoms with Crippen LogP contribution in [0.5, 0.6) is 5.75 Å². The van der Waals surface area contributed by atoms with Gasteiger partial charge in [0.05, 0.1) is 24.1 Å². The largest absolute Gasteiger partial charge is 0.573 e.